The first kappa shape index (κ1) is 25.8. The largest absolute Gasteiger partial charge is 0.476 e. The zero-order valence-electron chi connectivity index (χ0n) is 22.7. The molecule has 39 heavy (non-hydrogen) atoms. The predicted molar refractivity (Wildman–Crippen MR) is 147 cm³/mol. The van der Waals surface area contributed by atoms with Gasteiger partial charge in [0.2, 0.25) is 5.95 Å². The van der Waals surface area contributed by atoms with Crippen LogP contribution in [0.3, 0.4) is 0 Å². The first-order valence-electron chi connectivity index (χ1n) is 12.4. The van der Waals surface area contributed by atoms with Crippen LogP contribution >= 0.6 is 0 Å². The van der Waals surface area contributed by atoms with E-state index in [9.17, 15) is 4.79 Å². The number of esters is 1. The van der Waals surface area contributed by atoms with Gasteiger partial charge in [-0.25, -0.2) is 29.4 Å². The second-order valence-corrected chi connectivity index (χ2v) is 10.6. The molecule has 0 bridgehead atoms. The van der Waals surface area contributed by atoms with Crippen molar-refractivity contribution >= 4 is 23.0 Å². The zero-order chi connectivity index (χ0) is 27.9. The number of benzene rings is 2. The Morgan fingerprint density at radius 3 is 2.36 bits per heavy atom. The van der Waals surface area contributed by atoms with Crippen molar-refractivity contribution in [2.24, 2.45) is 0 Å². The maximum absolute atomic E-state index is 12.2. The summed E-state index contributed by atoms with van der Waals surface area (Å²) < 4.78 is 14.8. The van der Waals surface area contributed by atoms with Crippen LogP contribution in [0.15, 0.2) is 61.4 Å². The molecule has 0 aliphatic carbocycles. The number of anilines is 1. The van der Waals surface area contributed by atoms with E-state index in [1.807, 2.05) is 36.4 Å². The van der Waals surface area contributed by atoms with E-state index in [0.717, 1.165) is 33.5 Å². The van der Waals surface area contributed by atoms with E-state index in [1.54, 1.807) is 37.3 Å². The number of carbonyl (C=O) groups is 1. The number of methoxy groups -OCH3 is 1. The van der Waals surface area contributed by atoms with Gasteiger partial charge < -0.3 is 19.8 Å². The Bertz CT molecular complexity index is 1650. The van der Waals surface area contributed by atoms with Gasteiger partial charge in [-0.2, -0.15) is 5.10 Å². The normalized spacial score (nSPS) is 12.1. The van der Waals surface area contributed by atoms with E-state index in [0.29, 0.717) is 11.4 Å². The fourth-order valence-electron chi connectivity index (χ4n) is 4.47. The topological polar surface area (TPSA) is 136 Å². The van der Waals surface area contributed by atoms with E-state index in [4.69, 9.17) is 20.2 Å². The Labute approximate surface area is 225 Å². The van der Waals surface area contributed by atoms with Gasteiger partial charge in [-0.3, -0.25) is 0 Å². The van der Waals surface area contributed by atoms with Crippen LogP contribution < -0.4 is 10.5 Å². The van der Waals surface area contributed by atoms with Crippen LogP contribution in [0.4, 0.5) is 5.95 Å². The molecule has 0 fully saturated rings. The Hall–Kier alpha value is -4.80. The number of hydrogen-bond donors (Lipinski definition) is 1. The maximum atomic E-state index is 12.2. The predicted octanol–water partition coefficient (Wildman–Crippen LogP) is 4.41. The van der Waals surface area contributed by atoms with Gasteiger partial charge in [-0.15, -0.1) is 0 Å². The van der Waals surface area contributed by atoms with Crippen molar-refractivity contribution in [2.45, 2.75) is 45.8 Å². The Morgan fingerprint density at radius 1 is 0.974 bits per heavy atom. The lowest BCUT2D eigenvalue weighted by Crippen LogP contribution is -2.39. The summed E-state index contributed by atoms with van der Waals surface area (Å²) in [5, 5.41) is 4.37. The molecule has 0 spiro atoms. The standard InChI is InChI=1S/C28H30N8O3/c1-27(2,3)36-22-10-7-17(18-13-31-26(29)32-14-18)11-21(22)34-24(36)20-9-8-19(39-28(4,5)25(37)38-6)12-23(20)35-16-30-15-33-35/h7-16H,1-6H3,(H2,29,31,32). The van der Waals surface area contributed by atoms with Gasteiger partial charge >= 0.3 is 5.97 Å². The van der Waals surface area contributed by atoms with Crippen molar-refractivity contribution in [3.8, 4) is 34.0 Å². The highest BCUT2D eigenvalue weighted by Crippen LogP contribution is 2.37. The van der Waals surface area contributed by atoms with Crippen LogP contribution in [-0.2, 0) is 15.1 Å². The molecule has 0 radical (unpaired) electrons. The lowest BCUT2D eigenvalue weighted by atomic mass is 10.0. The first-order valence-corrected chi connectivity index (χ1v) is 12.4. The number of nitrogens with zero attached hydrogens (tertiary/aromatic N) is 7. The molecule has 5 rings (SSSR count). The van der Waals surface area contributed by atoms with Crippen molar-refractivity contribution < 1.29 is 14.3 Å². The van der Waals surface area contributed by atoms with Crippen LogP contribution in [0.1, 0.15) is 34.6 Å². The third-order valence-corrected chi connectivity index (χ3v) is 6.26. The zero-order valence-corrected chi connectivity index (χ0v) is 22.7. The average molecular weight is 527 g/mol. The Morgan fingerprint density at radius 2 is 1.72 bits per heavy atom. The molecule has 0 aliphatic heterocycles. The molecule has 0 atom stereocenters. The smallest absolute Gasteiger partial charge is 0.349 e. The molecular weight excluding hydrogens is 496 g/mol. The van der Waals surface area contributed by atoms with Crippen LogP contribution in [0, 0.1) is 0 Å². The van der Waals surface area contributed by atoms with E-state index in [1.165, 1.54) is 13.4 Å². The summed E-state index contributed by atoms with van der Waals surface area (Å²) >= 11 is 0. The number of hydrogen-bond acceptors (Lipinski definition) is 9. The summed E-state index contributed by atoms with van der Waals surface area (Å²) in [7, 11) is 1.33. The third kappa shape index (κ3) is 4.90. The van der Waals surface area contributed by atoms with Gasteiger partial charge in [0.05, 0.1) is 23.8 Å². The molecule has 2 N–H and O–H groups in total. The van der Waals surface area contributed by atoms with Gasteiger partial charge in [0.25, 0.3) is 0 Å². The molecule has 0 aliphatic rings. The Balaban J connectivity index is 1.69. The highest BCUT2D eigenvalue weighted by molar-refractivity contribution is 5.87. The van der Waals surface area contributed by atoms with Crippen LogP contribution in [0.5, 0.6) is 5.75 Å². The fraction of sp³-hybridized carbons (Fsp3) is 0.286. The van der Waals surface area contributed by atoms with Crippen molar-refractivity contribution in [2.75, 3.05) is 12.8 Å². The molecule has 11 nitrogen and oxygen atoms in total. The van der Waals surface area contributed by atoms with E-state index >= 15 is 0 Å². The SMILES string of the molecule is COC(=O)C(C)(C)Oc1ccc(-c2nc3cc(-c4cnc(N)nc4)ccc3n2C(C)(C)C)c(-n2cncn2)c1. The third-order valence-electron chi connectivity index (χ3n) is 6.26. The molecule has 0 amide bonds. The highest BCUT2D eigenvalue weighted by Gasteiger charge is 2.32. The summed E-state index contributed by atoms with van der Waals surface area (Å²) in [6.07, 6.45) is 6.46. The molecule has 5 aromatic rings. The summed E-state index contributed by atoms with van der Waals surface area (Å²) in [5.74, 6) is 0.962. The second kappa shape index (κ2) is 9.50. The average Bonchev–Trinajstić information content (AvgIpc) is 3.56. The van der Waals surface area contributed by atoms with Crippen molar-refractivity contribution in [3.05, 3.63) is 61.4 Å². The van der Waals surface area contributed by atoms with Gasteiger partial charge in [-0.05, 0) is 64.4 Å². The van der Waals surface area contributed by atoms with E-state index in [2.05, 4.69) is 45.4 Å². The minimum Gasteiger partial charge on any atom is -0.476 e. The van der Waals surface area contributed by atoms with E-state index in [-0.39, 0.29) is 11.5 Å². The van der Waals surface area contributed by atoms with Gasteiger partial charge in [-0.1, -0.05) is 6.07 Å². The molecule has 200 valence electrons. The lowest BCUT2D eigenvalue weighted by molar-refractivity contribution is -0.156. The number of imidazole rings is 1. The maximum Gasteiger partial charge on any atom is 0.349 e. The molecule has 2 aromatic carbocycles. The lowest BCUT2D eigenvalue weighted by Gasteiger charge is -2.26. The Kier molecular flexibility index (Phi) is 6.29. The van der Waals surface area contributed by atoms with Crippen molar-refractivity contribution in [3.63, 3.8) is 0 Å². The first-order chi connectivity index (χ1) is 18.5. The molecule has 3 aromatic heterocycles. The number of ether oxygens (including phenoxy) is 2. The molecule has 0 saturated carbocycles. The molecule has 0 saturated heterocycles. The molecule has 11 heteroatoms. The summed E-state index contributed by atoms with van der Waals surface area (Å²) in [6.45, 7) is 9.70. The van der Waals surface area contributed by atoms with Crippen LogP contribution in [0.2, 0.25) is 0 Å². The minimum absolute atomic E-state index is 0.224. The quantitative estimate of drug-likeness (QED) is 0.319. The van der Waals surface area contributed by atoms with Crippen molar-refractivity contribution in [1.82, 2.24) is 34.3 Å². The van der Waals surface area contributed by atoms with Gasteiger partial charge in [0.15, 0.2) is 5.60 Å². The summed E-state index contributed by atoms with van der Waals surface area (Å²) in [5.41, 5.74) is 9.23. The monoisotopic (exact) mass is 526 g/mol. The number of nitrogen functional groups attached to an aromatic ring is 1. The fourth-order valence-corrected chi connectivity index (χ4v) is 4.47. The van der Waals surface area contributed by atoms with Gasteiger partial charge in [0, 0.05) is 35.1 Å². The number of fused-ring (bicyclic) bond motifs is 1. The number of carbonyl (C=O) groups excluding carboxylic acids is 1. The number of rotatable bonds is 6. The highest BCUT2D eigenvalue weighted by atomic mass is 16.6. The molecule has 3 heterocycles. The van der Waals surface area contributed by atoms with E-state index < -0.39 is 11.6 Å². The molecular formula is C28H30N8O3. The summed E-state index contributed by atoms with van der Waals surface area (Å²) in [4.78, 5) is 29.7. The second-order valence-electron chi connectivity index (χ2n) is 10.6. The van der Waals surface area contributed by atoms with Crippen molar-refractivity contribution in [1.29, 1.82) is 0 Å². The number of nitrogens with two attached hydrogens (primary N) is 1. The van der Waals surface area contributed by atoms with Gasteiger partial charge in [0.1, 0.15) is 24.2 Å². The van der Waals surface area contributed by atoms with Crippen LogP contribution in [0.25, 0.3) is 39.2 Å². The molecule has 0 unspecified atom stereocenters. The van der Waals surface area contributed by atoms with Crippen LogP contribution in [-0.4, -0.2) is 53.0 Å². The minimum atomic E-state index is -1.18. The summed E-state index contributed by atoms with van der Waals surface area (Å²) in [6, 6.07) is 11.6. The number of aromatic nitrogens is 7.